The van der Waals surface area contributed by atoms with Gasteiger partial charge in [0.25, 0.3) is 0 Å². The van der Waals surface area contributed by atoms with Gasteiger partial charge in [-0.3, -0.25) is 4.98 Å². The lowest BCUT2D eigenvalue weighted by Gasteiger charge is -2.19. The summed E-state index contributed by atoms with van der Waals surface area (Å²) in [5.41, 5.74) is 7.51. The van der Waals surface area contributed by atoms with Crippen LogP contribution in [-0.2, 0) is 5.41 Å². The summed E-state index contributed by atoms with van der Waals surface area (Å²) in [5.74, 6) is 0. The first kappa shape index (κ1) is 16.6. The maximum atomic E-state index is 4.56. The molecule has 6 aromatic rings. The molecule has 0 spiro atoms. The second-order valence-corrected chi connectivity index (χ2v) is 8.97. The minimum atomic E-state index is 0.0925. The summed E-state index contributed by atoms with van der Waals surface area (Å²) in [4.78, 5) is 4.56. The molecule has 0 amide bonds. The highest BCUT2D eigenvalue weighted by Crippen LogP contribution is 2.42. The lowest BCUT2D eigenvalue weighted by molar-refractivity contribution is 0.592. The molecular formula is C27H22N2. The number of aromatic nitrogens is 2. The molecule has 2 nitrogen and oxygen atoms in total. The first-order valence-corrected chi connectivity index (χ1v) is 10.2. The number of hydrogen-bond donors (Lipinski definition) is 0. The monoisotopic (exact) mass is 374 g/mol. The highest BCUT2D eigenvalue weighted by molar-refractivity contribution is 6.23. The van der Waals surface area contributed by atoms with Crippen molar-refractivity contribution >= 4 is 38.1 Å². The lowest BCUT2D eigenvalue weighted by Crippen LogP contribution is -2.10. The number of rotatable bonds is 1. The number of para-hydroxylation sites is 1. The Bertz CT molecular complexity index is 1520. The third kappa shape index (κ3) is 2.26. The average molecular weight is 374 g/mol. The molecule has 0 N–H and O–H groups in total. The van der Waals surface area contributed by atoms with Crippen LogP contribution < -0.4 is 0 Å². The van der Waals surface area contributed by atoms with E-state index >= 15 is 0 Å². The van der Waals surface area contributed by atoms with Crippen molar-refractivity contribution in [1.29, 1.82) is 0 Å². The number of hydrogen-bond acceptors (Lipinski definition) is 1. The van der Waals surface area contributed by atoms with E-state index in [0.29, 0.717) is 0 Å². The summed E-state index contributed by atoms with van der Waals surface area (Å²) in [7, 11) is 0. The van der Waals surface area contributed by atoms with E-state index < -0.39 is 0 Å². The molecule has 3 heterocycles. The number of fused-ring (bicyclic) bond motifs is 6. The maximum absolute atomic E-state index is 4.56. The van der Waals surface area contributed by atoms with Gasteiger partial charge < -0.3 is 4.40 Å². The van der Waals surface area contributed by atoms with Crippen LogP contribution >= 0.6 is 0 Å². The van der Waals surface area contributed by atoms with E-state index in [2.05, 4.69) is 90.8 Å². The van der Waals surface area contributed by atoms with Crippen molar-refractivity contribution in [2.24, 2.45) is 0 Å². The van der Waals surface area contributed by atoms with Gasteiger partial charge in [0.1, 0.15) is 0 Å². The lowest BCUT2D eigenvalue weighted by atomic mass is 9.85. The predicted molar refractivity (Wildman–Crippen MR) is 123 cm³/mol. The summed E-state index contributed by atoms with van der Waals surface area (Å²) in [6.45, 7) is 6.88. The van der Waals surface area contributed by atoms with Crippen LogP contribution in [0.4, 0.5) is 0 Å². The second-order valence-electron chi connectivity index (χ2n) is 8.97. The second kappa shape index (κ2) is 5.57. The Morgan fingerprint density at radius 1 is 0.690 bits per heavy atom. The van der Waals surface area contributed by atoms with Gasteiger partial charge in [0.05, 0.1) is 22.2 Å². The van der Waals surface area contributed by atoms with Gasteiger partial charge in [-0.1, -0.05) is 51.1 Å². The van der Waals surface area contributed by atoms with Gasteiger partial charge in [0.2, 0.25) is 0 Å². The molecule has 3 aromatic heterocycles. The van der Waals surface area contributed by atoms with Crippen LogP contribution in [0, 0.1) is 0 Å². The number of nitrogens with zero attached hydrogens (tertiary/aromatic N) is 2. The van der Waals surface area contributed by atoms with Crippen molar-refractivity contribution in [1.82, 2.24) is 9.38 Å². The van der Waals surface area contributed by atoms with Gasteiger partial charge in [-0.25, -0.2) is 0 Å². The molecular weight excluding hydrogens is 352 g/mol. The molecule has 0 aliphatic carbocycles. The van der Waals surface area contributed by atoms with Crippen molar-refractivity contribution in [2.75, 3.05) is 0 Å². The Hall–Kier alpha value is -3.39. The van der Waals surface area contributed by atoms with Crippen LogP contribution in [0.25, 0.3) is 49.4 Å². The fraction of sp³-hybridized carbons (Fsp3) is 0.148. The predicted octanol–water partition coefficient (Wildman–Crippen LogP) is 7.20. The molecule has 140 valence electrons. The number of pyridine rings is 1. The zero-order valence-electron chi connectivity index (χ0n) is 16.9. The van der Waals surface area contributed by atoms with E-state index in [-0.39, 0.29) is 5.41 Å². The molecule has 0 saturated carbocycles. The van der Waals surface area contributed by atoms with E-state index in [1.54, 1.807) is 0 Å². The van der Waals surface area contributed by atoms with E-state index in [1.165, 1.54) is 43.7 Å². The molecule has 0 fully saturated rings. The fourth-order valence-electron chi connectivity index (χ4n) is 4.63. The third-order valence-electron chi connectivity index (χ3n) is 6.12. The van der Waals surface area contributed by atoms with Crippen LogP contribution in [-0.4, -0.2) is 9.38 Å². The average Bonchev–Trinajstić information content (AvgIpc) is 3.24. The Kier molecular flexibility index (Phi) is 3.18. The third-order valence-corrected chi connectivity index (χ3v) is 6.12. The fourth-order valence-corrected chi connectivity index (χ4v) is 4.63. The largest absolute Gasteiger partial charge is 0.308 e. The van der Waals surface area contributed by atoms with Crippen molar-refractivity contribution < 1.29 is 0 Å². The standard InChI is InChI=1S/C27H22N2/c1-27(2,3)18-15-21-19-8-4-5-10-24(19)29-25-12-11-17(23-9-6-7-13-28-23)14-20(25)22(16-18)26(21)29/h4-16H,1-3H3. The molecule has 6 rings (SSSR count). The molecule has 0 aliphatic rings. The van der Waals surface area contributed by atoms with Crippen molar-refractivity contribution in [3.8, 4) is 11.3 Å². The van der Waals surface area contributed by atoms with Crippen LogP contribution in [0.5, 0.6) is 0 Å². The zero-order valence-corrected chi connectivity index (χ0v) is 16.9. The summed E-state index contributed by atoms with van der Waals surface area (Å²) >= 11 is 0. The first-order valence-electron chi connectivity index (χ1n) is 10.2. The summed E-state index contributed by atoms with van der Waals surface area (Å²) in [6.07, 6.45) is 1.86. The van der Waals surface area contributed by atoms with Gasteiger partial charge in [0, 0.05) is 33.3 Å². The minimum absolute atomic E-state index is 0.0925. The topological polar surface area (TPSA) is 17.3 Å². The zero-order chi connectivity index (χ0) is 19.8. The van der Waals surface area contributed by atoms with Gasteiger partial charge in [-0.15, -0.1) is 0 Å². The van der Waals surface area contributed by atoms with Crippen LogP contribution in [0.3, 0.4) is 0 Å². The van der Waals surface area contributed by atoms with Crippen LogP contribution in [0.1, 0.15) is 26.3 Å². The van der Waals surface area contributed by atoms with Gasteiger partial charge in [-0.05, 0) is 53.4 Å². The van der Waals surface area contributed by atoms with Gasteiger partial charge in [-0.2, -0.15) is 0 Å². The summed E-state index contributed by atoms with van der Waals surface area (Å²) < 4.78 is 2.43. The molecule has 2 heteroatoms. The normalized spacial score (nSPS) is 12.7. The molecule has 0 unspecified atom stereocenters. The Morgan fingerprint density at radius 3 is 2.17 bits per heavy atom. The molecule has 0 radical (unpaired) electrons. The quantitative estimate of drug-likeness (QED) is 0.297. The molecule has 0 atom stereocenters. The molecule has 29 heavy (non-hydrogen) atoms. The molecule has 3 aromatic carbocycles. The van der Waals surface area contributed by atoms with Crippen LogP contribution in [0.15, 0.2) is 79.0 Å². The molecule has 0 saturated heterocycles. The van der Waals surface area contributed by atoms with Crippen molar-refractivity contribution in [3.63, 3.8) is 0 Å². The summed E-state index contributed by atoms with van der Waals surface area (Å²) in [6, 6.07) is 26.4. The van der Waals surface area contributed by atoms with E-state index in [0.717, 1.165) is 11.3 Å². The van der Waals surface area contributed by atoms with Crippen molar-refractivity contribution in [2.45, 2.75) is 26.2 Å². The van der Waals surface area contributed by atoms with Gasteiger partial charge >= 0.3 is 0 Å². The Labute approximate surface area is 169 Å². The highest BCUT2D eigenvalue weighted by Gasteiger charge is 2.22. The smallest absolute Gasteiger partial charge is 0.0702 e. The molecule has 0 aliphatic heterocycles. The Balaban J connectivity index is 1.82. The van der Waals surface area contributed by atoms with Gasteiger partial charge in [0.15, 0.2) is 0 Å². The maximum Gasteiger partial charge on any atom is 0.0702 e. The van der Waals surface area contributed by atoms with E-state index in [9.17, 15) is 0 Å². The number of benzene rings is 3. The Morgan fingerprint density at radius 2 is 1.41 bits per heavy atom. The van der Waals surface area contributed by atoms with E-state index in [1.807, 2.05) is 18.3 Å². The minimum Gasteiger partial charge on any atom is -0.308 e. The van der Waals surface area contributed by atoms with Crippen LogP contribution in [0.2, 0.25) is 0 Å². The SMILES string of the molecule is CC(C)(C)c1cc2c3ccccc3n3c4ccc(-c5ccccn5)cc4c(c1)c23. The highest BCUT2D eigenvalue weighted by atomic mass is 14.9. The van der Waals surface area contributed by atoms with Crippen molar-refractivity contribution in [3.05, 3.63) is 84.6 Å². The molecule has 0 bridgehead atoms. The first-order chi connectivity index (χ1) is 14.0. The van der Waals surface area contributed by atoms with E-state index in [4.69, 9.17) is 0 Å². The summed E-state index contributed by atoms with van der Waals surface area (Å²) in [5, 5.41) is 5.30.